The van der Waals surface area contributed by atoms with Crippen LogP contribution in [0.5, 0.6) is 0 Å². The molecule has 3 heterocycles. The number of aryl methyl sites for hydroxylation is 1. The number of hydrogen-bond acceptors (Lipinski definition) is 4. The molecule has 1 unspecified atom stereocenters. The molecule has 122 valence electrons. The molecule has 2 fully saturated rings. The first kappa shape index (κ1) is 14.7. The SMILES string of the molecule is Cc1ccc(N2CC3CNCCN3[C@@H](C)C2)c2ccc(=O)[nH]c12. The maximum absolute atomic E-state index is 11.7. The highest BCUT2D eigenvalue weighted by atomic mass is 16.1. The molecular weight excluding hydrogens is 288 g/mol. The van der Waals surface area contributed by atoms with E-state index in [0.717, 1.165) is 49.2 Å². The van der Waals surface area contributed by atoms with Gasteiger partial charge in [0.05, 0.1) is 5.52 Å². The van der Waals surface area contributed by atoms with Gasteiger partial charge < -0.3 is 15.2 Å². The number of piperazine rings is 2. The van der Waals surface area contributed by atoms with Gasteiger partial charge in [0.15, 0.2) is 0 Å². The zero-order chi connectivity index (χ0) is 16.0. The van der Waals surface area contributed by atoms with Gasteiger partial charge in [-0.3, -0.25) is 9.69 Å². The Morgan fingerprint density at radius 1 is 1.17 bits per heavy atom. The summed E-state index contributed by atoms with van der Waals surface area (Å²) in [6.07, 6.45) is 0. The number of benzene rings is 1. The smallest absolute Gasteiger partial charge is 0.248 e. The fraction of sp³-hybridized carbons (Fsp3) is 0.500. The number of rotatable bonds is 1. The lowest BCUT2D eigenvalue weighted by Gasteiger charge is -2.49. The Balaban J connectivity index is 1.74. The molecule has 0 bridgehead atoms. The molecule has 2 aliphatic rings. The number of nitrogens with one attached hydrogen (secondary N) is 2. The molecule has 2 aromatic rings. The Morgan fingerprint density at radius 2 is 2.04 bits per heavy atom. The van der Waals surface area contributed by atoms with Crippen LogP contribution in [0.4, 0.5) is 5.69 Å². The average Bonchev–Trinajstić information content (AvgIpc) is 2.55. The number of aromatic amines is 1. The number of H-pyrrole nitrogens is 1. The van der Waals surface area contributed by atoms with Crippen molar-refractivity contribution in [3.05, 3.63) is 40.2 Å². The summed E-state index contributed by atoms with van der Waals surface area (Å²) in [6.45, 7) is 9.73. The first-order valence-corrected chi connectivity index (χ1v) is 8.47. The first-order chi connectivity index (χ1) is 11.1. The van der Waals surface area contributed by atoms with Crippen LogP contribution in [-0.4, -0.2) is 54.7 Å². The summed E-state index contributed by atoms with van der Waals surface area (Å²) in [4.78, 5) is 19.8. The highest BCUT2D eigenvalue weighted by Crippen LogP contribution is 2.30. The molecule has 1 aromatic heterocycles. The van der Waals surface area contributed by atoms with E-state index < -0.39 is 0 Å². The molecule has 2 aliphatic heterocycles. The van der Waals surface area contributed by atoms with Gasteiger partial charge in [-0.15, -0.1) is 0 Å². The minimum atomic E-state index is -0.0348. The molecule has 4 rings (SSSR count). The summed E-state index contributed by atoms with van der Waals surface area (Å²) in [5.41, 5.74) is 3.28. The van der Waals surface area contributed by atoms with Crippen LogP contribution < -0.4 is 15.8 Å². The van der Waals surface area contributed by atoms with Crippen LogP contribution in [0.2, 0.25) is 0 Å². The van der Waals surface area contributed by atoms with Gasteiger partial charge in [0.25, 0.3) is 0 Å². The summed E-state index contributed by atoms with van der Waals surface area (Å²) in [7, 11) is 0. The quantitative estimate of drug-likeness (QED) is 0.834. The minimum absolute atomic E-state index is 0.0348. The van der Waals surface area contributed by atoms with E-state index >= 15 is 0 Å². The second-order valence-corrected chi connectivity index (χ2v) is 6.86. The molecule has 0 radical (unpaired) electrons. The van der Waals surface area contributed by atoms with E-state index in [1.807, 2.05) is 13.0 Å². The molecule has 2 saturated heterocycles. The van der Waals surface area contributed by atoms with E-state index in [0.29, 0.717) is 12.1 Å². The number of nitrogens with zero attached hydrogens (tertiary/aromatic N) is 2. The predicted octanol–water partition coefficient (Wildman–Crippen LogP) is 1.32. The Hall–Kier alpha value is -1.85. The molecule has 5 heteroatoms. The number of anilines is 1. The van der Waals surface area contributed by atoms with Gasteiger partial charge in [-0.1, -0.05) is 6.07 Å². The van der Waals surface area contributed by atoms with Crippen LogP contribution in [0.25, 0.3) is 10.9 Å². The van der Waals surface area contributed by atoms with Gasteiger partial charge in [-0.2, -0.15) is 0 Å². The highest BCUT2D eigenvalue weighted by molar-refractivity contribution is 5.93. The Labute approximate surface area is 136 Å². The summed E-state index contributed by atoms with van der Waals surface area (Å²) >= 11 is 0. The normalized spacial score (nSPS) is 25.6. The van der Waals surface area contributed by atoms with Crippen molar-refractivity contribution in [2.45, 2.75) is 25.9 Å². The van der Waals surface area contributed by atoms with Crippen LogP contribution in [0.15, 0.2) is 29.1 Å². The molecular formula is C18H24N4O. The van der Waals surface area contributed by atoms with E-state index in [4.69, 9.17) is 0 Å². The largest absolute Gasteiger partial charge is 0.368 e. The third-order valence-electron chi connectivity index (χ3n) is 5.30. The lowest BCUT2D eigenvalue weighted by Crippen LogP contribution is -2.64. The van der Waals surface area contributed by atoms with E-state index in [1.54, 1.807) is 6.07 Å². The van der Waals surface area contributed by atoms with Crippen LogP contribution in [0.1, 0.15) is 12.5 Å². The van der Waals surface area contributed by atoms with Crippen molar-refractivity contribution in [1.29, 1.82) is 0 Å². The van der Waals surface area contributed by atoms with Crippen LogP contribution in [-0.2, 0) is 0 Å². The number of fused-ring (bicyclic) bond motifs is 2. The molecule has 23 heavy (non-hydrogen) atoms. The molecule has 2 N–H and O–H groups in total. The molecule has 0 aliphatic carbocycles. The zero-order valence-corrected chi connectivity index (χ0v) is 13.8. The van der Waals surface area contributed by atoms with E-state index in [1.165, 1.54) is 5.69 Å². The second kappa shape index (κ2) is 5.65. The average molecular weight is 312 g/mol. The predicted molar refractivity (Wildman–Crippen MR) is 94.3 cm³/mol. The number of hydrogen-bond donors (Lipinski definition) is 2. The second-order valence-electron chi connectivity index (χ2n) is 6.86. The van der Waals surface area contributed by atoms with Crippen molar-refractivity contribution < 1.29 is 0 Å². The lowest BCUT2D eigenvalue weighted by atomic mass is 10.0. The van der Waals surface area contributed by atoms with E-state index in [2.05, 4.69) is 39.2 Å². The van der Waals surface area contributed by atoms with Crippen LogP contribution in [0, 0.1) is 6.92 Å². The van der Waals surface area contributed by atoms with Gasteiger partial charge in [-0.25, -0.2) is 0 Å². The maximum atomic E-state index is 11.7. The van der Waals surface area contributed by atoms with E-state index in [-0.39, 0.29) is 5.56 Å². The van der Waals surface area contributed by atoms with Crippen molar-refractivity contribution in [2.24, 2.45) is 0 Å². The Morgan fingerprint density at radius 3 is 2.91 bits per heavy atom. The third kappa shape index (κ3) is 2.54. The van der Waals surface area contributed by atoms with Crippen LogP contribution >= 0.6 is 0 Å². The van der Waals surface area contributed by atoms with Crippen molar-refractivity contribution in [2.75, 3.05) is 37.6 Å². The summed E-state index contributed by atoms with van der Waals surface area (Å²) < 4.78 is 0. The van der Waals surface area contributed by atoms with Gasteiger partial charge in [0.2, 0.25) is 5.56 Å². The molecule has 0 spiro atoms. The molecule has 2 atom stereocenters. The minimum Gasteiger partial charge on any atom is -0.368 e. The third-order valence-corrected chi connectivity index (χ3v) is 5.30. The standard InChI is InChI=1S/C18H24N4O/c1-12-3-5-16(15-4-6-17(23)20-18(12)15)21-10-13(2)22-8-7-19-9-14(22)11-21/h3-6,13-14,19H,7-11H2,1-2H3,(H,20,23)/t13-,14?/m0/s1. The zero-order valence-electron chi connectivity index (χ0n) is 13.8. The monoisotopic (exact) mass is 312 g/mol. The summed E-state index contributed by atoms with van der Waals surface area (Å²) in [5, 5.41) is 4.66. The molecule has 0 amide bonds. The van der Waals surface area contributed by atoms with Gasteiger partial charge in [0, 0.05) is 61.9 Å². The molecule has 5 nitrogen and oxygen atoms in total. The Bertz CT molecular complexity index is 784. The fourth-order valence-corrected chi connectivity index (χ4v) is 4.13. The highest BCUT2D eigenvalue weighted by Gasteiger charge is 2.34. The van der Waals surface area contributed by atoms with Crippen LogP contribution in [0.3, 0.4) is 0 Å². The van der Waals surface area contributed by atoms with Crippen molar-refractivity contribution >= 4 is 16.6 Å². The maximum Gasteiger partial charge on any atom is 0.248 e. The Kier molecular flexibility index (Phi) is 3.62. The molecule has 0 saturated carbocycles. The number of pyridine rings is 1. The topological polar surface area (TPSA) is 51.4 Å². The van der Waals surface area contributed by atoms with Gasteiger partial charge >= 0.3 is 0 Å². The lowest BCUT2D eigenvalue weighted by molar-refractivity contribution is 0.0971. The van der Waals surface area contributed by atoms with Gasteiger partial charge in [0.1, 0.15) is 0 Å². The first-order valence-electron chi connectivity index (χ1n) is 8.47. The fourth-order valence-electron chi connectivity index (χ4n) is 4.13. The summed E-state index contributed by atoms with van der Waals surface area (Å²) in [6, 6.07) is 9.03. The van der Waals surface area contributed by atoms with Crippen molar-refractivity contribution in [1.82, 2.24) is 15.2 Å². The van der Waals surface area contributed by atoms with Crippen molar-refractivity contribution in [3.8, 4) is 0 Å². The molecule has 1 aromatic carbocycles. The number of aromatic nitrogens is 1. The van der Waals surface area contributed by atoms with Crippen molar-refractivity contribution in [3.63, 3.8) is 0 Å². The summed E-state index contributed by atoms with van der Waals surface area (Å²) in [5.74, 6) is 0. The van der Waals surface area contributed by atoms with E-state index in [9.17, 15) is 4.79 Å². The van der Waals surface area contributed by atoms with Gasteiger partial charge in [-0.05, 0) is 31.5 Å².